The van der Waals surface area contributed by atoms with E-state index in [0.29, 0.717) is 13.1 Å². The first-order chi connectivity index (χ1) is 9.35. The topological polar surface area (TPSA) is 73.7 Å². The van der Waals surface area contributed by atoms with Crippen LogP contribution in [0.3, 0.4) is 0 Å². The molecule has 1 aromatic heterocycles. The van der Waals surface area contributed by atoms with Crippen LogP contribution in [0.25, 0.3) is 0 Å². The zero-order valence-corrected chi connectivity index (χ0v) is 13.1. The molecule has 20 heavy (non-hydrogen) atoms. The number of aryl methyl sites for hydroxylation is 1. The molecule has 1 N–H and O–H groups in total. The lowest BCUT2D eigenvalue weighted by Crippen LogP contribution is -2.43. The number of aliphatic carboxylic acids is 1. The Morgan fingerprint density at radius 2 is 2.15 bits per heavy atom. The predicted molar refractivity (Wildman–Crippen MR) is 77.8 cm³/mol. The Kier molecular flexibility index (Phi) is 5.94. The average molecular weight is 299 g/mol. The van der Waals surface area contributed by atoms with Crippen LogP contribution >= 0.6 is 11.3 Å². The third-order valence-corrected chi connectivity index (χ3v) is 3.78. The van der Waals surface area contributed by atoms with E-state index in [9.17, 15) is 9.59 Å². The van der Waals surface area contributed by atoms with Crippen molar-refractivity contribution in [3.05, 3.63) is 16.1 Å². The predicted octanol–water partition coefficient (Wildman–Crippen LogP) is 2.05. The molecule has 1 heterocycles. The average Bonchev–Trinajstić information content (AvgIpc) is 2.79. The molecular formula is C13H21N3O3S. The van der Waals surface area contributed by atoms with Crippen LogP contribution < -0.4 is 0 Å². The maximum atomic E-state index is 12.3. The SMILES string of the molecule is CCN(CC(C)C(=O)O)C(=O)N(C)Cc1csc(C)n1. The zero-order chi connectivity index (χ0) is 15.3. The Balaban J connectivity index is 2.63. The van der Waals surface area contributed by atoms with Gasteiger partial charge in [-0.3, -0.25) is 4.79 Å². The molecule has 0 aliphatic carbocycles. The molecule has 0 saturated carbocycles. The number of hydrogen-bond acceptors (Lipinski definition) is 4. The first-order valence-electron chi connectivity index (χ1n) is 6.49. The Morgan fingerprint density at radius 3 is 2.60 bits per heavy atom. The number of amides is 2. The van der Waals surface area contributed by atoms with Crippen molar-refractivity contribution in [2.75, 3.05) is 20.1 Å². The van der Waals surface area contributed by atoms with Gasteiger partial charge in [0.05, 0.1) is 23.2 Å². The van der Waals surface area contributed by atoms with E-state index in [1.165, 1.54) is 4.90 Å². The zero-order valence-electron chi connectivity index (χ0n) is 12.3. The lowest BCUT2D eigenvalue weighted by atomic mass is 10.2. The molecule has 1 rings (SSSR count). The van der Waals surface area contributed by atoms with Gasteiger partial charge in [0.2, 0.25) is 0 Å². The number of carboxylic acid groups (broad SMARTS) is 1. The molecule has 0 aliphatic rings. The van der Waals surface area contributed by atoms with Crippen molar-refractivity contribution in [2.45, 2.75) is 27.3 Å². The summed E-state index contributed by atoms with van der Waals surface area (Å²) < 4.78 is 0. The second kappa shape index (κ2) is 7.23. The number of carbonyl (C=O) groups is 2. The smallest absolute Gasteiger partial charge is 0.320 e. The van der Waals surface area contributed by atoms with Crippen LogP contribution in [0.5, 0.6) is 0 Å². The summed E-state index contributed by atoms with van der Waals surface area (Å²) in [5.41, 5.74) is 0.852. The molecule has 0 spiro atoms. The standard InChI is InChI=1S/C13H21N3O3S/c1-5-16(6-9(2)12(17)18)13(19)15(4)7-11-8-20-10(3)14-11/h8-9H,5-7H2,1-4H3,(H,17,18). The van der Waals surface area contributed by atoms with E-state index in [0.717, 1.165) is 10.7 Å². The second-order valence-corrected chi connectivity index (χ2v) is 5.84. The lowest BCUT2D eigenvalue weighted by molar-refractivity contribution is -0.141. The van der Waals surface area contributed by atoms with Crippen molar-refractivity contribution in [2.24, 2.45) is 5.92 Å². The molecule has 0 bridgehead atoms. The highest BCUT2D eigenvalue weighted by Gasteiger charge is 2.22. The summed E-state index contributed by atoms with van der Waals surface area (Å²) in [5.74, 6) is -1.47. The van der Waals surface area contributed by atoms with E-state index in [2.05, 4.69) is 4.98 Å². The van der Waals surface area contributed by atoms with Crippen LogP contribution in [0, 0.1) is 12.8 Å². The fourth-order valence-electron chi connectivity index (χ4n) is 1.78. The first-order valence-corrected chi connectivity index (χ1v) is 7.37. The summed E-state index contributed by atoms with van der Waals surface area (Å²) in [5, 5.41) is 11.8. The summed E-state index contributed by atoms with van der Waals surface area (Å²) in [6, 6.07) is -0.175. The van der Waals surface area contributed by atoms with Gasteiger partial charge < -0.3 is 14.9 Å². The number of carboxylic acids is 1. The van der Waals surface area contributed by atoms with Crippen molar-refractivity contribution in [3.8, 4) is 0 Å². The van der Waals surface area contributed by atoms with Crippen molar-refractivity contribution in [3.63, 3.8) is 0 Å². The lowest BCUT2D eigenvalue weighted by Gasteiger charge is -2.28. The van der Waals surface area contributed by atoms with Gasteiger partial charge in [-0.1, -0.05) is 6.92 Å². The molecule has 0 fully saturated rings. The highest BCUT2D eigenvalue weighted by atomic mass is 32.1. The molecule has 1 atom stereocenters. The quantitative estimate of drug-likeness (QED) is 0.872. The minimum atomic E-state index is -0.894. The minimum absolute atomic E-state index is 0.175. The molecule has 0 aliphatic heterocycles. The summed E-state index contributed by atoms with van der Waals surface area (Å²) in [4.78, 5) is 30.6. The van der Waals surface area contributed by atoms with Gasteiger partial charge in [-0.15, -0.1) is 11.3 Å². The molecule has 0 saturated heterocycles. The van der Waals surface area contributed by atoms with Crippen molar-refractivity contribution in [1.29, 1.82) is 0 Å². The third kappa shape index (κ3) is 4.48. The minimum Gasteiger partial charge on any atom is -0.481 e. The number of hydrogen-bond donors (Lipinski definition) is 1. The molecule has 1 aromatic rings. The number of nitrogens with zero attached hydrogens (tertiary/aromatic N) is 3. The first kappa shape index (κ1) is 16.4. The molecule has 0 aromatic carbocycles. The maximum absolute atomic E-state index is 12.3. The normalized spacial score (nSPS) is 12.0. The van der Waals surface area contributed by atoms with Gasteiger partial charge in [0, 0.05) is 25.5 Å². The number of rotatable bonds is 6. The Hall–Kier alpha value is -1.63. The number of carbonyl (C=O) groups excluding carboxylic acids is 1. The second-order valence-electron chi connectivity index (χ2n) is 4.77. The van der Waals surface area contributed by atoms with E-state index >= 15 is 0 Å². The van der Waals surface area contributed by atoms with Gasteiger partial charge in [-0.05, 0) is 13.8 Å². The molecular weight excluding hydrogens is 278 g/mol. The monoisotopic (exact) mass is 299 g/mol. The summed E-state index contributed by atoms with van der Waals surface area (Å²) in [6.45, 7) is 6.49. The van der Waals surface area contributed by atoms with E-state index in [-0.39, 0.29) is 12.6 Å². The summed E-state index contributed by atoms with van der Waals surface area (Å²) in [7, 11) is 1.70. The number of urea groups is 1. The van der Waals surface area contributed by atoms with Crippen LogP contribution in [0.4, 0.5) is 4.79 Å². The molecule has 2 amide bonds. The van der Waals surface area contributed by atoms with Crippen molar-refractivity contribution in [1.82, 2.24) is 14.8 Å². The number of thiazole rings is 1. The molecule has 0 radical (unpaired) electrons. The Morgan fingerprint density at radius 1 is 1.50 bits per heavy atom. The van der Waals surface area contributed by atoms with Gasteiger partial charge in [-0.2, -0.15) is 0 Å². The van der Waals surface area contributed by atoms with Gasteiger partial charge in [0.25, 0.3) is 0 Å². The molecule has 1 unspecified atom stereocenters. The van der Waals surface area contributed by atoms with E-state index in [1.54, 1.807) is 30.2 Å². The van der Waals surface area contributed by atoms with Crippen LogP contribution in [0.15, 0.2) is 5.38 Å². The Labute approximate surface area is 123 Å². The molecule has 6 nitrogen and oxygen atoms in total. The largest absolute Gasteiger partial charge is 0.481 e. The van der Waals surface area contributed by atoms with E-state index < -0.39 is 11.9 Å². The third-order valence-electron chi connectivity index (χ3n) is 2.96. The maximum Gasteiger partial charge on any atom is 0.320 e. The molecule has 7 heteroatoms. The van der Waals surface area contributed by atoms with E-state index in [1.807, 2.05) is 19.2 Å². The Bertz CT molecular complexity index is 475. The fourth-order valence-corrected chi connectivity index (χ4v) is 2.39. The highest BCUT2D eigenvalue weighted by molar-refractivity contribution is 7.09. The summed E-state index contributed by atoms with van der Waals surface area (Å²) in [6.07, 6.45) is 0. The van der Waals surface area contributed by atoms with Crippen molar-refractivity contribution < 1.29 is 14.7 Å². The fraction of sp³-hybridized carbons (Fsp3) is 0.615. The van der Waals surface area contributed by atoms with Gasteiger partial charge in [-0.25, -0.2) is 9.78 Å². The highest BCUT2D eigenvalue weighted by Crippen LogP contribution is 2.11. The van der Waals surface area contributed by atoms with E-state index in [4.69, 9.17) is 5.11 Å². The molecule has 112 valence electrons. The van der Waals surface area contributed by atoms with Gasteiger partial charge in [0.1, 0.15) is 0 Å². The van der Waals surface area contributed by atoms with Crippen molar-refractivity contribution >= 4 is 23.3 Å². The van der Waals surface area contributed by atoms with Crippen LogP contribution in [0.1, 0.15) is 24.5 Å². The summed E-state index contributed by atoms with van der Waals surface area (Å²) >= 11 is 1.55. The van der Waals surface area contributed by atoms with Gasteiger partial charge in [0.15, 0.2) is 0 Å². The van der Waals surface area contributed by atoms with Crippen LogP contribution in [0.2, 0.25) is 0 Å². The van der Waals surface area contributed by atoms with Crippen LogP contribution in [-0.2, 0) is 11.3 Å². The van der Waals surface area contributed by atoms with Gasteiger partial charge >= 0.3 is 12.0 Å². The van der Waals surface area contributed by atoms with Crippen LogP contribution in [-0.4, -0.2) is 52.0 Å². The number of aromatic nitrogens is 1.